The molecule has 1 amide bonds. The van der Waals surface area contributed by atoms with Crippen molar-refractivity contribution in [3.05, 3.63) is 41.6 Å². The van der Waals surface area contributed by atoms with E-state index in [9.17, 15) is 18.0 Å². The molecule has 0 spiro atoms. The van der Waals surface area contributed by atoms with Gasteiger partial charge in [0.15, 0.2) is 5.65 Å². The number of alkyl halides is 3. The molecule has 0 radical (unpaired) electrons. The van der Waals surface area contributed by atoms with Crippen LogP contribution in [0.25, 0.3) is 16.9 Å². The third-order valence-electron chi connectivity index (χ3n) is 3.86. The summed E-state index contributed by atoms with van der Waals surface area (Å²) in [5, 5.41) is 5.97. The lowest BCUT2D eigenvalue weighted by molar-refractivity contribution is -0.149. The molecule has 0 aromatic carbocycles. The lowest BCUT2D eigenvalue weighted by Gasteiger charge is -2.16. The molecule has 0 saturated carbocycles. The number of furan rings is 1. The molecule has 3 heterocycles. The van der Waals surface area contributed by atoms with Gasteiger partial charge in [0.25, 0.3) is 5.91 Å². The molecule has 132 valence electrons. The van der Waals surface area contributed by atoms with Crippen LogP contribution in [0.2, 0.25) is 0 Å². The predicted molar refractivity (Wildman–Crippen MR) is 83.1 cm³/mol. The van der Waals surface area contributed by atoms with Crippen LogP contribution in [-0.4, -0.2) is 32.7 Å². The van der Waals surface area contributed by atoms with E-state index in [1.54, 1.807) is 19.3 Å². The second kappa shape index (κ2) is 5.91. The minimum absolute atomic E-state index is 0.0257. The molecule has 0 aliphatic heterocycles. The van der Waals surface area contributed by atoms with E-state index in [1.165, 1.54) is 17.0 Å². The zero-order valence-corrected chi connectivity index (χ0v) is 13.7. The van der Waals surface area contributed by atoms with E-state index in [1.807, 2.05) is 12.2 Å². The normalized spacial score (nSPS) is 13.2. The van der Waals surface area contributed by atoms with Crippen molar-refractivity contribution in [3.8, 4) is 11.3 Å². The number of halogens is 3. The summed E-state index contributed by atoms with van der Waals surface area (Å²) in [6.45, 7) is 4.48. The molecule has 0 fully saturated rings. The van der Waals surface area contributed by atoms with Gasteiger partial charge in [0.1, 0.15) is 11.6 Å². The average Bonchev–Trinajstić information content (AvgIpc) is 3.12. The minimum Gasteiger partial charge on any atom is -0.472 e. The van der Waals surface area contributed by atoms with Crippen molar-refractivity contribution in [2.24, 2.45) is 0 Å². The number of hydrogen-bond acceptors (Lipinski definition) is 4. The maximum Gasteiger partial charge on any atom is 0.408 e. The molecule has 3 aromatic rings. The van der Waals surface area contributed by atoms with Crippen LogP contribution in [-0.2, 0) is 0 Å². The summed E-state index contributed by atoms with van der Waals surface area (Å²) in [4.78, 5) is 16.6. The number of carbonyl (C=O) groups excluding carboxylic acids is 1. The average molecular weight is 352 g/mol. The van der Waals surface area contributed by atoms with Crippen molar-refractivity contribution in [1.29, 1.82) is 0 Å². The van der Waals surface area contributed by atoms with Gasteiger partial charge < -0.3 is 9.73 Å². The van der Waals surface area contributed by atoms with Gasteiger partial charge in [0.05, 0.1) is 24.4 Å². The minimum atomic E-state index is -4.53. The Morgan fingerprint density at radius 1 is 1.32 bits per heavy atom. The highest BCUT2D eigenvalue weighted by atomic mass is 19.4. The third kappa shape index (κ3) is 3.09. The number of nitrogens with zero attached hydrogens (tertiary/aromatic N) is 3. The van der Waals surface area contributed by atoms with Gasteiger partial charge in [0.2, 0.25) is 0 Å². The van der Waals surface area contributed by atoms with Crippen molar-refractivity contribution in [2.45, 2.75) is 33.0 Å². The number of hydrogen-bond donors (Lipinski definition) is 1. The molecule has 0 aliphatic carbocycles. The summed E-state index contributed by atoms with van der Waals surface area (Å²) < 4.78 is 44.5. The monoisotopic (exact) mass is 352 g/mol. The number of carbonyl (C=O) groups is 1. The van der Waals surface area contributed by atoms with Gasteiger partial charge in [-0.2, -0.15) is 18.3 Å². The summed E-state index contributed by atoms with van der Waals surface area (Å²) in [5.41, 5.74) is 2.98. The van der Waals surface area contributed by atoms with Gasteiger partial charge in [-0.25, -0.2) is 9.50 Å². The van der Waals surface area contributed by atoms with Crippen molar-refractivity contribution < 1.29 is 22.4 Å². The van der Waals surface area contributed by atoms with Crippen molar-refractivity contribution in [1.82, 2.24) is 19.9 Å². The Hall–Kier alpha value is -2.84. The summed E-state index contributed by atoms with van der Waals surface area (Å²) in [5.74, 6) is -0.882. The van der Waals surface area contributed by atoms with E-state index in [2.05, 4.69) is 10.1 Å². The van der Waals surface area contributed by atoms with Crippen molar-refractivity contribution >= 4 is 11.6 Å². The molecule has 0 saturated heterocycles. The Balaban J connectivity index is 2.04. The van der Waals surface area contributed by atoms with E-state index in [0.717, 1.165) is 18.1 Å². The Morgan fingerprint density at radius 2 is 2.04 bits per heavy atom. The number of rotatable bonds is 3. The van der Waals surface area contributed by atoms with Gasteiger partial charge in [0, 0.05) is 11.3 Å². The molecular weight excluding hydrogens is 337 g/mol. The first-order chi connectivity index (χ1) is 11.7. The van der Waals surface area contributed by atoms with E-state index in [0.29, 0.717) is 11.4 Å². The highest BCUT2D eigenvalue weighted by Gasteiger charge is 2.37. The molecule has 0 bridgehead atoms. The second-order valence-electron chi connectivity index (χ2n) is 5.78. The van der Waals surface area contributed by atoms with Gasteiger partial charge in [-0.1, -0.05) is 0 Å². The molecule has 3 aromatic heterocycles. The maximum absolute atomic E-state index is 12.7. The lowest BCUT2D eigenvalue weighted by Crippen LogP contribution is -2.43. The van der Waals surface area contributed by atoms with Gasteiger partial charge in [-0.3, -0.25) is 4.79 Å². The van der Waals surface area contributed by atoms with Crippen LogP contribution in [0.1, 0.15) is 28.5 Å². The Kier molecular flexibility index (Phi) is 4.02. The fourth-order valence-corrected chi connectivity index (χ4v) is 2.39. The molecule has 9 heteroatoms. The Bertz CT molecular complexity index is 943. The number of amides is 1. The predicted octanol–water partition coefficient (Wildman–Crippen LogP) is 3.29. The number of aryl methyl sites for hydroxylation is 2. The van der Waals surface area contributed by atoms with Gasteiger partial charge in [-0.05, 0) is 32.4 Å². The number of nitrogens with one attached hydrogen (secondary N) is 1. The standard InChI is InChI=1S/C16H15F3N4O2/c1-8-6-25-7-12(8)13-4-9(2)23-14(22-13)11(5-20-23)15(24)21-10(3)16(17,18)19/h4-7,10H,1-3H3,(H,21,24). The number of aromatic nitrogens is 3. The summed E-state index contributed by atoms with van der Waals surface area (Å²) >= 11 is 0. The zero-order valence-electron chi connectivity index (χ0n) is 13.7. The SMILES string of the molecule is Cc1cocc1-c1cc(C)n2ncc(C(=O)NC(C)C(F)(F)F)c2n1. The fraction of sp³-hybridized carbons (Fsp3) is 0.312. The van der Waals surface area contributed by atoms with E-state index < -0.39 is 18.1 Å². The van der Waals surface area contributed by atoms with Crippen molar-refractivity contribution in [2.75, 3.05) is 0 Å². The third-order valence-corrected chi connectivity index (χ3v) is 3.86. The van der Waals surface area contributed by atoms with Gasteiger partial charge >= 0.3 is 6.18 Å². The molecular formula is C16H15F3N4O2. The van der Waals surface area contributed by atoms with Crippen LogP contribution in [0.3, 0.4) is 0 Å². The Labute approximate surface area is 140 Å². The zero-order chi connectivity index (χ0) is 18.4. The van der Waals surface area contributed by atoms with Crippen molar-refractivity contribution in [3.63, 3.8) is 0 Å². The molecule has 6 nitrogen and oxygen atoms in total. The molecule has 1 N–H and O–H groups in total. The van der Waals surface area contributed by atoms with Crippen LogP contribution >= 0.6 is 0 Å². The van der Waals surface area contributed by atoms with E-state index >= 15 is 0 Å². The first-order valence-corrected chi connectivity index (χ1v) is 7.44. The smallest absolute Gasteiger partial charge is 0.408 e. The maximum atomic E-state index is 12.7. The van der Waals surface area contributed by atoms with Crippen LogP contribution in [0, 0.1) is 13.8 Å². The van der Waals surface area contributed by atoms with Crippen LogP contribution < -0.4 is 5.32 Å². The molecule has 25 heavy (non-hydrogen) atoms. The highest BCUT2D eigenvalue weighted by molar-refractivity contribution is 6.00. The van der Waals surface area contributed by atoms with Crippen LogP contribution in [0.4, 0.5) is 13.2 Å². The first kappa shape index (κ1) is 17.0. The Morgan fingerprint density at radius 3 is 2.64 bits per heavy atom. The molecule has 0 aliphatic rings. The second-order valence-corrected chi connectivity index (χ2v) is 5.78. The molecule has 3 rings (SSSR count). The summed E-state index contributed by atoms with van der Waals surface area (Å²) in [6, 6.07) is -0.215. The van der Waals surface area contributed by atoms with E-state index in [-0.39, 0.29) is 11.2 Å². The molecule has 1 atom stereocenters. The van der Waals surface area contributed by atoms with E-state index in [4.69, 9.17) is 4.42 Å². The van der Waals surface area contributed by atoms with Crippen LogP contribution in [0.5, 0.6) is 0 Å². The number of fused-ring (bicyclic) bond motifs is 1. The summed E-state index contributed by atoms with van der Waals surface area (Å²) in [7, 11) is 0. The lowest BCUT2D eigenvalue weighted by atomic mass is 10.1. The highest BCUT2D eigenvalue weighted by Crippen LogP contribution is 2.25. The quantitative estimate of drug-likeness (QED) is 0.785. The first-order valence-electron chi connectivity index (χ1n) is 7.44. The molecule has 1 unspecified atom stereocenters. The fourth-order valence-electron chi connectivity index (χ4n) is 2.39. The van der Waals surface area contributed by atoms with Crippen LogP contribution in [0.15, 0.2) is 29.2 Å². The summed E-state index contributed by atoms with van der Waals surface area (Å²) in [6.07, 6.45) is -0.234. The van der Waals surface area contributed by atoms with Gasteiger partial charge in [-0.15, -0.1) is 0 Å². The largest absolute Gasteiger partial charge is 0.472 e. The topological polar surface area (TPSA) is 72.4 Å².